The molecule has 2 atom stereocenters. The Labute approximate surface area is 149 Å². The van der Waals surface area contributed by atoms with Crippen LogP contribution in [0.15, 0.2) is 11.8 Å². The Hall–Kier alpha value is -0.800. The van der Waals surface area contributed by atoms with Gasteiger partial charge in [0.1, 0.15) is 10.1 Å². The monoisotopic (exact) mass is 380 g/mol. The summed E-state index contributed by atoms with van der Waals surface area (Å²) >= 11 is 3.47. The second-order valence-corrected chi connectivity index (χ2v) is 8.71. The molecule has 0 aromatic carbocycles. The minimum atomic E-state index is -2.64. The van der Waals surface area contributed by atoms with Gasteiger partial charge < -0.3 is 10.5 Å². The highest BCUT2D eigenvalue weighted by Gasteiger charge is 2.59. The number of halogens is 2. The Bertz CT molecular complexity index is 537. The molecule has 24 heavy (non-hydrogen) atoms. The molecule has 1 spiro atoms. The first-order valence-corrected chi connectivity index (χ1v) is 9.80. The highest BCUT2D eigenvalue weighted by molar-refractivity contribution is 8.21. The van der Waals surface area contributed by atoms with Gasteiger partial charge >= 0.3 is 12.5 Å². The second-order valence-electron chi connectivity index (χ2n) is 5.82. The zero-order chi connectivity index (χ0) is 17.9. The minimum absolute atomic E-state index is 0.262. The fraction of sp³-hybridized carbons (Fsp3) is 0.733. The van der Waals surface area contributed by atoms with E-state index in [4.69, 9.17) is 10.5 Å². The third kappa shape index (κ3) is 3.88. The average molecular weight is 381 g/mol. The third-order valence-electron chi connectivity index (χ3n) is 4.19. The number of likely N-dealkylation sites (tertiary alicyclic amines) is 1. The molecule has 3 N–H and O–H groups in total. The second kappa shape index (κ2) is 8.05. The minimum Gasteiger partial charge on any atom is -0.466 e. The van der Waals surface area contributed by atoms with Gasteiger partial charge in [-0.1, -0.05) is 0 Å². The molecule has 0 unspecified atom stereocenters. The van der Waals surface area contributed by atoms with Gasteiger partial charge in [-0.3, -0.25) is 9.69 Å². The van der Waals surface area contributed by atoms with Gasteiger partial charge in [0.25, 0.3) is 0 Å². The summed E-state index contributed by atoms with van der Waals surface area (Å²) in [4.78, 5) is 16.8. The van der Waals surface area contributed by atoms with Crippen LogP contribution in [0.2, 0.25) is 0 Å². The summed E-state index contributed by atoms with van der Waals surface area (Å²) in [5, 5.41) is 0. The molecule has 0 saturated carbocycles. The van der Waals surface area contributed by atoms with E-state index < -0.39 is 12.5 Å². The van der Waals surface area contributed by atoms with Crippen LogP contribution in [-0.4, -0.2) is 59.0 Å². The first-order valence-electron chi connectivity index (χ1n) is 7.83. The van der Waals surface area contributed by atoms with E-state index in [0.717, 1.165) is 11.5 Å². The Morgan fingerprint density at radius 3 is 2.67 bits per heavy atom. The van der Waals surface area contributed by atoms with Crippen molar-refractivity contribution in [2.45, 2.75) is 24.6 Å². The Kier molecular flexibility index (Phi) is 6.55. The number of alkyl halides is 2. The molecule has 0 amide bonds. The number of carbonyl (C=O) groups excluding carboxylic acids is 1. The van der Waals surface area contributed by atoms with E-state index in [1.165, 1.54) is 13.0 Å². The normalized spacial score (nSPS) is 28.1. The highest BCUT2D eigenvalue weighted by Crippen LogP contribution is 2.58. The number of nitrogens with zero attached hydrogens (tertiary/aromatic N) is 1. The molecule has 2 fully saturated rings. The maximum Gasteiger partial charge on any atom is 0.444 e. The van der Waals surface area contributed by atoms with Crippen molar-refractivity contribution in [2.75, 3.05) is 31.7 Å². The largest absolute Gasteiger partial charge is 0.466 e. The number of thioether (sulfide) groups is 2. The summed E-state index contributed by atoms with van der Waals surface area (Å²) in [6, 6.07) is 0. The molecule has 2 rings (SSSR count). The van der Waals surface area contributed by atoms with E-state index in [1.54, 1.807) is 30.4 Å². The summed E-state index contributed by atoms with van der Waals surface area (Å²) in [5.74, 6) is 0.959. The topological polar surface area (TPSA) is 69.5 Å². The third-order valence-corrected chi connectivity index (χ3v) is 7.93. The van der Waals surface area contributed by atoms with Crippen molar-refractivity contribution < 1.29 is 23.3 Å². The number of rotatable bonds is 5. The standard InChI is InChI=1S/C15H23F2N3O2S2/c1-4-22-13(21)12-10(11(18)7-9(2)19-14(16)17)8-20(3)15(12)23-5-6-24-15/h7,10,12,14H,4-6,8,18H2,1-3H3/p+1/b11-7-,19-9+/t10-,12+/m1/s1. The van der Waals surface area contributed by atoms with E-state index in [9.17, 15) is 13.6 Å². The first kappa shape index (κ1) is 19.5. The number of hydrogen-bond donors (Lipinski definition) is 2. The lowest BCUT2D eigenvalue weighted by Crippen LogP contribution is -2.75. The molecule has 2 saturated heterocycles. The maximum absolute atomic E-state index is 12.6. The summed E-state index contributed by atoms with van der Waals surface area (Å²) < 4.78 is 29.8. The van der Waals surface area contributed by atoms with Crippen molar-refractivity contribution in [3.63, 3.8) is 0 Å². The molecule has 5 nitrogen and oxygen atoms in total. The van der Waals surface area contributed by atoms with Gasteiger partial charge in [-0.2, -0.15) is 4.99 Å². The number of carbonyl (C=O) groups is 1. The van der Waals surface area contributed by atoms with E-state index in [-0.39, 0.29) is 21.8 Å². The van der Waals surface area contributed by atoms with Crippen LogP contribution in [-0.2, 0) is 9.53 Å². The zero-order valence-electron chi connectivity index (χ0n) is 14.1. The van der Waals surface area contributed by atoms with E-state index in [2.05, 4.69) is 4.90 Å². The van der Waals surface area contributed by atoms with Gasteiger partial charge in [0.05, 0.1) is 6.61 Å². The van der Waals surface area contributed by atoms with Crippen LogP contribution in [0.4, 0.5) is 8.78 Å². The molecule has 0 aromatic rings. The number of ether oxygens (including phenoxy) is 1. The number of allylic oxidation sites excluding steroid dienone is 1. The highest BCUT2D eigenvalue weighted by atomic mass is 32.2. The number of nitrogens with two attached hydrogens (primary N) is 1. The van der Waals surface area contributed by atoms with E-state index in [0.29, 0.717) is 18.8 Å². The molecule has 0 aromatic heterocycles. The van der Waals surface area contributed by atoms with Gasteiger partial charge in [0.15, 0.2) is 5.71 Å². The van der Waals surface area contributed by atoms with E-state index >= 15 is 0 Å². The Morgan fingerprint density at radius 2 is 2.12 bits per heavy atom. The fourth-order valence-corrected chi connectivity index (χ4v) is 6.81. The lowest BCUT2D eigenvalue weighted by molar-refractivity contribution is -0.572. The summed E-state index contributed by atoms with van der Waals surface area (Å²) in [6.07, 6.45) is 1.50. The summed E-state index contributed by atoms with van der Waals surface area (Å²) in [7, 11) is 1.97. The quantitative estimate of drug-likeness (QED) is 0.411. The summed E-state index contributed by atoms with van der Waals surface area (Å²) in [6.45, 7) is 1.56. The smallest absolute Gasteiger partial charge is 0.444 e. The van der Waals surface area contributed by atoms with Gasteiger partial charge in [0.2, 0.25) is 0 Å². The van der Waals surface area contributed by atoms with Crippen LogP contribution >= 0.6 is 23.5 Å². The summed E-state index contributed by atoms with van der Waals surface area (Å²) in [5.41, 5.74) is 6.90. The molecule has 136 valence electrons. The lowest BCUT2D eigenvalue weighted by Gasteiger charge is -2.34. The molecule has 0 aliphatic carbocycles. The molecule has 9 heteroatoms. The Morgan fingerprint density at radius 1 is 1.50 bits per heavy atom. The predicted octanol–water partition coefficient (Wildman–Crippen LogP) is 0.468. The van der Waals surface area contributed by atoms with Crippen molar-refractivity contribution in [3.05, 3.63) is 11.8 Å². The van der Waals surface area contributed by atoms with Crippen LogP contribution in [0.5, 0.6) is 0 Å². The first-order chi connectivity index (χ1) is 11.3. The van der Waals surface area contributed by atoms with Gasteiger partial charge in [-0.15, -0.1) is 32.3 Å². The van der Waals surface area contributed by atoms with Gasteiger partial charge in [-0.05, 0) is 14.0 Å². The van der Waals surface area contributed by atoms with Crippen molar-refractivity contribution in [3.8, 4) is 0 Å². The number of esters is 1. The van der Waals surface area contributed by atoms with Crippen molar-refractivity contribution >= 4 is 35.2 Å². The van der Waals surface area contributed by atoms with Crippen molar-refractivity contribution in [2.24, 2.45) is 17.6 Å². The van der Waals surface area contributed by atoms with Gasteiger partial charge in [0, 0.05) is 42.7 Å². The van der Waals surface area contributed by atoms with Crippen LogP contribution < -0.4 is 10.7 Å². The molecule has 2 aliphatic rings. The average Bonchev–Trinajstić information content (AvgIpc) is 3.06. The number of nitrogens with one attached hydrogen (secondary N) is 1. The maximum atomic E-state index is 12.6. The number of hydrogen-bond acceptors (Lipinski definition) is 6. The van der Waals surface area contributed by atoms with E-state index in [1.807, 2.05) is 12.0 Å². The Balaban J connectivity index is 2.33. The zero-order valence-corrected chi connectivity index (χ0v) is 15.7. The van der Waals surface area contributed by atoms with Crippen molar-refractivity contribution in [1.29, 1.82) is 0 Å². The molecular weight excluding hydrogens is 356 g/mol. The van der Waals surface area contributed by atoms with Crippen LogP contribution in [0.25, 0.3) is 0 Å². The SMILES string of the molecule is CCOC(=O)[C@@H]1[C@@H](/C(N)=C/C(C)=[NH+]/C(F)F)CN(C)C12SCCS2. The molecule has 0 radical (unpaired) electrons. The van der Waals surface area contributed by atoms with Gasteiger partial charge in [-0.25, -0.2) is 0 Å². The molecule has 0 bridgehead atoms. The molecule has 2 heterocycles. The van der Waals surface area contributed by atoms with Crippen LogP contribution in [0.3, 0.4) is 0 Å². The molecular formula is C15H24F2N3O2S2+. The molecule has 2 aliphatic heterocycles. The lowest BCUT2D eigenvalue weighted by atomic mass is 9.92. The predicted molar refractivity (Wildman–Crippen MR) is 93.8 cm³/mol. The van der Waals surface area contributed by atoms with Crippen molar-refractivity contribution in [1.82, 2.24) is 4.90 Å². The van der Waals surface area contributed by atoms with Crippen LogP contribution in [0.1, 0.15) is 13.8 Å². The fourth-order valence-electron chi connectivity index (χ4n) is 3.25. The van der Waals surface area contributed by atoms with Crippen LogP contribution in [0, 0.1) is 11.8 Å².